The van der Waals surface area contributed by atoms with E-state index in [0.29, 0.717) is 34.5 Å². The molecule has 0 aliphatic carbocycles. The molecule has 0 aromatic heterocycles. The van der Waals surface area contributed by atoms with Crippen molar-refractivity contribution in [3.63, 3.8) is 0 Å². The van der Waals surface area contributed by atoms with Gasteiger partial charge in [-0.25, -0.2) is 14.8 Å². The summed E-state index contributed by atoms with van der Waals surface area (Å²) in [6.07, 6.45) is 3.40. The van der Waals surface area contributed by atoms with Gasteiger partial charge in [-0.3, -0.25) is 5.01 Å². The van der Waals surface area contributed by atoms with Crippen molar-refractivity contribution in [2.45, 2.75) is 32.7 Å². The number of nitrogens with two attached hydrogens (primary N) is 1. The van der Waals surface area contributed by atoms with Crippen LogP contribution in [0.5, 0.6) is 0 Å². The summed E-state index contributed by atoms with van der Waals surface area (Å²) >= 11 is 12.6. The Morgan fingerprint density at radius 3 is 2.43 bits per heavy atom. The second-order valence-electron chi connectivity index (χ2n) is 7.56. The molecule has 8 heteroatoms. The number of fused-ring (bicyclic) bond motifs is 1. The minimum atomic E-state index is -0.135. The number of rotatable bonds is 3. The Labute approximate surface area is 186 Å². The van der Waals surface area contributed by atoms with E-state index in [9.17, 15) is 4.79 Å². The van der Waals surface area contributed by atoms with Crippen molar-refractivity contribution in [2.75, 3.05) is 25.4 Å². The van der Waals surface area contributed by atoms with Crippen LogP contribution in [0.2, 0.25) is 10.0 Å². The second-order valence-corrected chi connectivity index (χ2v) is 8.38. The Bertz CT molecular complexity index is 970. The third-order valence-corrected chi connectivity index (χ3v) is 6.26. The van der Waals surface area contributed by atoms with Crippen molar-refractivity contribution >= 4 is 40.6 Å². The highest BCUT2D eigenvalue weighted by molar-refractivity contribution is 6.42. The molecule has 4 rings (SSSR count). The summed E-state index contributed by atoms with van der Waals surface area (Å²) in [4.78, 5) is 13.4. The van der Waals surface area contributed by atoms with Crippen LogP contribution >= 0.6 is 23.2 Å². The SMILES string of the molecule is CCN(C(=O)N1Cc2cc(Cl)c(Cl)cc2C(c2ccc(N)cc2)=N1)N1CCCCC1. The summed E-state index contributed by atoms with van der Waals surface area (Å²) in [5.41, 5.74) is 9.85. The van der Waals surface area contributed by atoms with Crippen LogP contribution in [0.4, 0.5) is 10.5 Å². The number of carbonyl (C=O) groups excluding carboxylic acids is 1. The number of urea groups is 1. The van der Waals surface area contributed by atoms with Gasteiger partial charge in [0.05, 0.1) is 22.3 Å². The van der Waals surface area contributed by atoms with E-state index in [2.05, 4.69) is 5.01 Å². The van der Waals surface area contributed by atoms with Crippen molar-refractivity contribution < 1.29 is 4.79 Å². The van der Waals surface area contributed by atoms with E-state index >= 15 is 0 Å². The number of hydrogen-bond donors (Lipinski definition) is 1. The maximum Gasteiger partial charge on any atom is 0.355 e. The molecule has 2 amide bonds. The van der Waals surface area contributed by atoms with Gasteiger partial charge in [-0.2, -0.15) is 5.10 Å². The second kappa shape index (κ2) is 8.84. The first-order valence-electron chi connectivity index (χ1n) is 10.2. The van der Waals surface area contributed by atoms with Crippen LogP contribution in [0, 0.1) is 0 Å². The largest absolute Gasteiger partial charge is 0.399 e. The van der Waals surface area contributed by atoms with Gasteiger partial charge in [0.25, 0.3) is 0 Å². The molecule has 0 radical (unpaired) electrons. The molecule has 2 aromatic carbocycles. The van der Waals surface area contributed by atoms with Gasteiger partial charge < -0.3 is 5.73 Å². The van der Waals surface area contributed by atoms with Crippen LogP contribution in [0.15, 0.2) is 41.5 Å². The van der Waals surface area contributed by atoms with E-state index in [1.165, 1.54) is 11.4 Å². The first kappa shape index (κ1) is 21.0. The lowest BCUT2D eigenvalue weighted by atomic mass is 9.96. The third kappa shape index (κ3) is 4.13. The quantitative estimate of drug-likeness (QED) is 0.676. The summed E-state index contributed by atoms with van der Waals surface area (Å²) < 4.78 is 0. The summed E-state index contributed by atoms with van der Waals surface area (Å²) in [5, 5.41) is 11.1. The van der Waals surface area contributed by atoms with Crippen molar-refractivity contribution in [3.8, 4) is 0 Å². The predicted molar refractivity (Wildman–Crippen MR) is 122 cm³/mol. The number of hydrazine groups is 1. The number of amides is 2. The maximum atomic E-state index is 13.4. The molecule has 1 fully saturated rings. The fourth-order valence-electron chi connectivity index (χ4n) is 3.98. The Hall–Kier alpha value is -2.28. The molecule has 2 heterocycles. The topological polar surface area (TPSA) is 65.2 Å². The molecule has 2 aromatic rings. The molecule has 0 atom stereocenters. The molecule has 30 heavy (non-hydrogen) atoms. The van der Waals surface area contributed by atoms with Crippen LogP contribution in [-0.2, 0) is 6.54 Å². The minimum Gasteiger partial charge on any atom is -0.399 e. The number of piperidine rings is 1. The number of nitrogens with zero attached hydrogens (tertiary/aromatic N) is 4. The molecule has 6 nitrogen and oxygen atoms in total. The molecular formula is C22H25Cl2N5O. The Morgan fingerprint density at radius 2 is 1.77 bits per heavy atom. The minimum absolute atomic E-state index is 0.135. The van der Waals surface area contributed by atoms with Crippen LogP contribution < -0.4 is 5.73 Å². The molecule has 0 spiro atoms. The number of benzene rings is 2. The molecule has 0 unspecified atom stereocenters. The van der Waals surface area contributed by atoms with E-state index in [0.717, 1.165) is 42.6 Å². The summed E-state index contributed by atoms with van der Waals surface area (Å²) in [5.74, 6) is 0. The fraction of sp³-hybridized carbons (Fsp3) is 0.364. The zero-order valence-electron chi connectivity index (χ0n) is 16.9. The first-order valence-corrected chi connectivity index (χ1v) is 11.0. The molecule has 0 bridgehead atoms. The third-order valence-electron chi connectivity index (χ3n) is 5.54. The van der Waals surface area contributed by atoms with Crippen molar-refractivity contribution in [1.29, 1.82) is 0 Å². The van der Waals surface area contributed by atoms with Crippen molar-refractivity contribution in [3.05, 3.63) is 63.1 Å². The summed E-state index contributed by atoms with van der Waals surface area (Å²) in [6, 6.07) is 10.9. The smallest absolute Gasteiger partial charge is 0.355 e. The van der Waals surface area contributed by atoms with Crippen molar-refractivity contribution in [2.24, 2.45) is 5.10 Å². The standard InChI is InChI=1S/C22H25Cl2N5O/c1-2-29(27-10-4-3-5-11-27)22(30)28-14-16-12-19(23)20(24)13-18(16)21(26-28)15-6-8-17(25)9-7-15/h6-9,12-13H,2-5,10-11,14,25H2,1H3. The highest BCUT2D eigenvalue weighted by Gasteiger charge is 2.31. The highest BCUT2D eigenvalue weighted by Crippen LogP contribution is 2.32. The van der Waals surface area contributed by atoms with Gasteiger partial charge in [0.1, 0.15) is 0 Å². The average Bonchev–Trinajstić information content (AvgIpc) is 2.76. The van der Waals surface area contributed by atoms with E-state index in [4.69, 9.17) is 34.0 Å². The lowest BCUT2D eigenvalue weighted by Crippen LogP contribution is -2.53. The Kier molecular flexibility index (Phi) is 6.18. The van der Waals surface area contributed by atoms with Crippen LogP contribution in [0.1, 0.15) is 42.9 Å². The average molecular weight is 446 g/mol. The normalized spacial score (nSPS) is 16.8. The fourth-order valence-corrected chi connectivity index (χ4v) is 4.33. The van der Waals surface area contributed by atoms with Gasteiger partial charge in [-0.1, -0.05) is 41.8 Å². The molecule has 0 saturated carbocycles. The number of anilines is 1. The van der Waals surface area contributed by atoms with Gasteiger partial charge in [0.15, 0.2) is 0 Å². The number of hydrazone groups is 1. The lowest BCUT2D eigenvalue weighted by molar-refractivity contribution is -0.0128. The van der Waals surface area contributed by atoms with Crippen molar-refractivity contribution in [1.82, 2.24) is 15.0 Å². The summed E-state index contributed by atoms with van der Waals surface area (Å²) in [6.45, 7) is 4.70. The molecular weight excluding hydrogens is 421 g/mol. The van der Waals surface area contributed by atoms with Gasteiger partial charge in [-0.15, -0.1) is 0 Å². The summed E-state index contributed by atoms with van der Waals surface area (Å²) in [7, 11) is 0. The van der Waals surface area contributed by atoms with Crippen LogP contribution in [0.3, 0.4) is 0 Å². The zero-order chi connectivity index (χ0) is 21.3. The van der Waals surface area contributed by atoms with E-state index in [1.54, 1.807) is 5.01 Å². The lowest BCUT2D eigenvalue weighted by Gasteiger charge is -2.39. The number of carbonyl (C=O) groups is 1. The Morgan fingerprint density at radius 1 is 1.10 bits per heavy atom. The van der Waals surface area contributed by atoms with Gasteiger partial charge in [0, 0.05) is 36.4 Å². The highest BCUT2D eigenvalue weighted by atomic mass is 35.5. The van der Waals surface area contributed by atoms with Gasteiger partial charge in [-0.05, 0) is 49.6 Å². The molecule has 2 aliphatic rings. The predicted octanol–water partition coefficient (Wildman–Crippen LogP) is 4.99. The van der Waals surface area contributed by atoms with Gasteiger partial charge in [0.2, 0.25) is 0 Å². The molecule has 1 saturated heterocycles. The monoisotopic (exact) mass is 445 g/mol. The molecule has 2 N–H and O–H groups in total. The van der Waals surface area contributed by atoms with E-state index < -0.39 is 0 Å². The van der Waals surface area contributed by atoms with Crippen LogP contribution in [-0.4, -0.2) is 46.4 Å². The molecule has 2 aliphatic heterocycles. The maximum absolute atomic E-state index is 13.4. The zero-order valence-corrected chi connectivity index (χ0v) is 18.5. The van der Waals surface area contributed by atoms with Crippen LogP contribution in [0.25, 0.3) is 0 Å². The van der Waals surface area contributed by atoms with E-state index in [1.807, 2.05) is 43.3 Å². The first-order chi connectivity index (χ1) is 14.5. The number of nitrogen functional groups attached to an aromatic ring is 1. The number of hydrogen-bond acceptors (Lipinski definition) is 4. The Balaban J connectivity index is 1.73. The number of halogens is 2. The van der Waals surface area contributed by atoms with E-state index in [-0.39, 0.29) is 6.03 Å². The molecule has 158 valence electrons. The van der Waals surface area contributed by atoms with Gasteiger partial charge >= 0.3 is 6.03 Å².